The predicted molar refractivity (Wildman–Crippen MR) is 117 cm³/mol. The molecule has 0 saturated carbocycles. The minimum atomic E-state index is 0.485. The molecule has 0 unspecified atom stereocenters. The summed E-state index contributed by atoms with van der Waals surface area (Å²) < 4.78 is 0. The first-order valence-electron chi connectivity index (χ1n) is 10.2. The van der Waals surface area contributed by atoms with Gasteiger partial charge < -0.3 is 0 Å². The first-order chi connectivity index (χ1) is 13.0. The Morgan fingerprint density at radius 3 is 2.52 bits per heavy atom. The Morgan fingerprint density at radius 1 is 0.926 bits per heavy atom. The highest BCUT2D eigenvalue weighted by molar-refractivity contribution is 6.01. The van der Waals surface area contributed by atoms with Crippen LogP contribution in [0.5, 0.6) is 0 Å². The predicted octanol–water partition coefficient (Wildman–Crippen LogP) is 6.95. The number of aromatic nitrogens is 1. The minimum absolute atomic E-state index is 0.485. The summed E-state index contributed by atoms with van der Waals surface area (Å²) in [6.07, 6.45) is 5.29. The summed E-state index contributed by atoms with van der Waals surface area (Å²) in [5.41, 5.74) is 8.41. The van der Waals surface area contributed by atoms with Crippen LogP contribution in [0, 0.1) is 11.8 Å². The third kappa shape index (κ3) is 3.43. The standard InChI is InChI=1S/C26H29N/c1-17(2)15-19-9-11-23-21(16-19)13-14-27-26(23)24-12-10-20-7-5-6-8-22(20)25(24)18(3)4/h5-9,11,13-14,16-18H,10,12,15H2,1-4H3. The maximum Gasteiger partial charge on any atom is 0.0743 e. The highest BCUT2D eigenvalue weighted by atomic mass is 14.7. The zero-order valence-corrected chi connectivity index (χ0v) is 16.9. The molecule has 3 aromatic rings. The average molecular weight is 356 g/mol. The molecule has 0 atom stereocenters. The molecular weight excluding hydrogens is 326 g/mol. The molecule has 0 spiro atoms. The molecule has 0 radical (unpaired) electrons. The van der Waals surface area contributed by atoms with Gasteiger partial charge in [0.25, 0.3) is 0 Å². The molecule has 0 amide bonds. The molecule has 138 valence electrons. The number of allylic oxidation sites excluding steroid dienone is 2. The van der Waals surface area contributed by atoms with Crippen LogP contribution < -0.4 is 0 Å². The fraction of sp³-hybridized carbons (Fsp3) is 0.346. The number of hydrogen-bond donors (Lipinski definition) is 0. The van der Waals surface area contributed by atoms with Crippen molar-refractivity contribution in [2.75, 3.05) is 0 Å². The van der Waals surface area contributed by atoms with Crippen LogP contribution in [0.25, 0.3) is 21.9 Å². The summed E-state index contributed by atoms with van der Waals surface area (Å²) in [4.78, 5) is 4.87. The molecule has 1 heterocycles. The summed E-state index contributed by atoms with van der Waals surface area (Å²) in [5, 5.41) is 2.60. The second-order valence-electron chi connectivity index (χ2n) is 8.52. The largest absolute Gasteiger partial charge is 0.256 e. The average Bonchev–Trinajstić information content (AvgIpc) is 2.65. The van der Waals surface area contributed by atoms with Crippen molar-refractivity contribution in [2.24, 2.45) is 11.8 Å². The molecule has 4 rings (SSSR count). The zero-order chi connectivity index (χ0) is 19.0. The minimum Gasteiger partial charge on any atom is -0.256 e. The molecular formula is C26H29N. The third-order valence-electron chi connectivity index (χ3n) is 5.61. The topological polar surface area (TPSA) is 12.9 Å². The maximum absolute atomic E-state index is 4.87. The van der Waals surface area contributed by atoms with Crippen LogP contribution in [-0.4, -0.2) is 4.98 Å². The number of nitrogens with zero attached hydrogens (tertiary/aromatic N) is 1. The number of fused-ring (bicyclic) bond motifs is 2. The van der Waals surface area contributed by atoms with Crippen LogP contribution in [0.3, 0.4) is 0 Å². The van der Waals surface area contributed by atoms with Crippen LogP contribution in [0.2, 0.25) is 0 Å². The smallest absolute Gasteiger partial charge is 0.0743 e. The Kier molecular flexibility index (Phi) is 4.86. The second kappa shape index (κ2) is 7.31. The van der Waals surface area contributed by atoms with Gasteiger partial charge in [-0.2, -0.15) is 0 Å². The monoisotopic (exact) mass is 355 g/mol. The van der Waals surface area contributed by atoms with Crippen molar-refractivity contribution in [1.29, 1.82) is 0 Å². The lowest BCUT2D eigenvalue weighted by Gasteiger charge is -2.26. The first kappa shape index (κ1) is 18.0. The number of benzene rings is 2. The Bertz CT molecular complexity index is 1010. The van der Waals surface area contributed by atoms with Crippen LogP contribution in [0.1, 0.15) is 56.5 Å². The van der Waals surface area contributed by atoms with Crippen molar-refractivity contribution in [3.05, 3.63) is 77.1 Å². The lowest BCUT2D eigenvalue weighted by Crippen LogP contribution is -2.09. The normalized spacial score (nSPS) is 14.3. The van der Waals surface area contributed by atoms with Gasteiger partial charge in [0.2, 0.25) is 0 Å². The van der Waals surface area contributed by atoms with E-state index in [0.717, 1.165) is 19.3 Å². The molecule has 2 aromatic carbocycles. The summed E-state index contributed by atoms with van der Waals surface area (Å²) >= 11 is 0. The molecule has 1 aliphatic carbocycles. The molecule has 0 N–H and O–H groups in total. The van der Waals surface area contributed by atoms with Crippen molar-refractivity contribution >= 4 is 21.9 Å². The van der Waals surface area contributed by atoms with E-state index in [2.05, 4.69) is 76.2 Å². The number of aryl methyl sites for hydroxylation is 1. The van der Waals surface area contributed by atoms with Crippen molar-refractivity contribution in [2.45, 2.75) is 47.0 Å². The Hall–Kier alpha value is -2.41. The van der Waals surface area contributed by atoms with Crippen LogP contribution in [0.15, 0.2) is 54.7 Å². The van der Waals surface area contributed by atoms with E-state index in [9.17, 15) is 0 Å². The first-order valence-corrected chi connectivity index (χ1v) is 10.2. The summed E-state index contributed by atoms with van der Waals surface area (Å²) in [6.45, 7) is 9.18. The number of pyridine rings is 1. The molecule has 1 aromatic heterocycles. The SMILES string of the molecule is CC(C)Cc1ccc2c(C3=C(C(C)C)c4ccccc4CC3)nccc2c1. The van der Waals surface area contributed by atoms with Crippen LogP contribution in [-0.2, 0) is 12.8 Å². The summed E-state index contributed by atoms with van der Waals surface area (Å²) in [5.74, 6) is 1.16. The Morgan fingerprint density at radius 2 is 1.74 bits per heavy atom. The van der Waals surface area contributed by atoms with E-state index in [0.29, 0.717) is 11.8 Å². The Labute approximate surface area is 163 Å². The van der Waals surface area contributed by atoms with Crippen LogP contribution >= 0.6 is 0 Å². The van der Waals surface area contributed by atoms with Gasteiger partial charge in [0.1, 0.15) is 0 Å². The quantitative estimate of drug-likeness (QED) is 0.493. The molecule has 0 aliphatic heterocycles. The van der Waals surface area contributed by atoms with Gasteiger partial charge in [-0.1, -0.05) is 70.2 Å². The van der Waals surface area contributed by atoms with E-state index in [4.69, 9.17) is 4.98 Å². The van der Waals surface area contributed by atoms with Crippen molar-refractivity contribution in [3.63, 3.8) is 0 Å². The van der Waals surface area contributed by atoms with Gasteiger partial charge in [-0.05, 0) is 70.4 Å². The maximum atomic E-state index is 4.87. The molecule has 1 nitrogen and oxygen atoms in total. The van der Waals surface area contributed by atoms with E-state index in [-0.39, 0.29) is 0 Å². The number of hydrogen-bond acceptors (Lipinski definition) is 1. The van der Waals surface area contributed by atoms with Gasteiger partial charge in [-0.15, -0.1) is 0 Å². The van der Waals surface area contributed by atoms with E-state index < -0.39 is 0 Å². The van der Waals surface area contributed by atoms with Gasteiger partial charge in [0, 0.05) is 11.6 Å². The molecule has 0 fully saturated rings. The van der Waals surface area contributed by atoms with Crippen molar-refractivity contribution < 1.29 is 0 Å². The van der Waals surface area contributed by atoms with E-state index in [1.165, 1.54) is 44.3 Å². The lowest BCUT2D eigenvalue weighted by molar-refractivity contribution is 0.648. The molecule has 0 saturated heterocycles. The fourth-order valence-electron chi connectivity index (χ4n) is 4.53. The number of rotatable bonds is 4. The van der Waals surface area contributed by atoms with E-state index in [1.54, 1.807) is 0 Å². The van der Waals surface area contributed by atoms with Gasteiger partial charge in [0.05, 0.1) is 5.69 Å². The lowest BCUT2D eigenvalue weighted by atomic mass is 9.79. The van der Waals surface area contributed by atoms with E-state index >= 15 is 0 Å². The molecule has 1 aliphatic rings. The Balaban J connectivity index is 1.90. The molecule has 0 bridgehead atoms. The third-order valence-corrected chi connectivity index (χ3v) is 5.61. The van der Waals surface area contributed by atoms with Gasteiger partial charge in [-0.3, -0.25) is 4.98 Å². The molecule has 27 heavy (non-hydrogen) atoms. The van der Waals surface area contributed by atoms with Crippen molar-refractivity contribution in [1.82, 2.24) is 4.98 Å². The van der Waals surface area contributed by atoms with Gasteiger partial charge in [0.15, 0.2) is 0 Å². The summed E-state index contributed by atoms with van der Waals surface area (Å²) in [7, 11) is 0. The second-order valence-corrected chi connectivity index (χ2v) is 8.52. The summed E-state index contributed by atoms with van der Waals surface area (Å²) in [6, 6.07) is 18.0. The van der Waals surface area contributed by atoms with Crippen LogP contribution in [0.4, 0.5) is 0 Å². The van der Waals surface area contributed by atoms with E-state index in [1.807, 2.05) is 6.20 Å². The fourth-order valence-corrected chi connectivity index (χ4v) is 4.53. The van der Waals surface area contributed by atoms with Gasteiger partial charge in [-0.25, -0.2) is 0 Å². The highest BCUT2D eigenvalue weighted by Crippen LogP contribution is 2.41. The highest BCUT2D eigenvalue weighted by Gasteiger charge is 2.23. The van der Waals surface area contributed by atoms with Gasteiger partial charge >= 0.3 is 0 Å². The zero-order valence-electron chi connectivity index (χ0n) is 16.9. The molecule has 1 heteroatoms. The van der Waals surface area contributed by atoms with Crippen molar-refractivity contribution in [3.8, 4) is 0 Å².